The first-order valence-corrected chi connectivity index (χ1v) is 4.88. The number of hydrogen-bond acceptors (Lipinski definition) is 2. The molecule has 0 unspecified atom stereocenters. The molecule has 0 aliphatic carbocycles. The average Bonchev–Trinajstić information content (AvgIpc) is 2.06. The van der Waals surface area contributed by atoms with Crippen LogP contribution in [0.5, 0.6) is 0 Å². The molecule has 1 N–H and O–H groups in total. The van der Waals surface area contributed by atoms with E-state index in [4.69, 9.17) is 0 Å². The standard InChI is InChI=1S/C10H20N2/c1-4-11-10-5-7-12(8-6-10)9(2)3/h10-11H,2,4-8H2,1,3H3. The Labute approximate surface area is 75.6 Å². The van der Waals surface area contributed by atoms with Crippen molar-refractivity contribution in [3.8, 4) is 0 Å². The maximum absolute atomic E-state index is 3.96. The molecule has 1 aliphatic rings. The average molecular weight is 168 g/mol. The summed E-state index contributed by atoms with van der Waals surface area (Å²) in [6.07, 6.45) is 2.53. The third kappa shape index (κ3) is 2.52. The van der Waals surface area contributed by atoms with Crippen molar-refractivity contribution in [3.05, 3.63) is 12.3 Å². The fraction of sp³-hybridized carbons (Fsp3) is 0.800. The van der Waals surface area contributed by atoms with Crippen molar-refractivity contribution >= 4 is 0 Å². The van der Waals surface area contributed by atoms with Crippen LogP contribution in [-0.2, 0) is 0 Å². The van der Waals surface area contributed by atoms with E-state index in [1.54, 1.807) is 0 Å². The normalized spacial score (nSPS) is 19.7. The summed E-state index contributed by atoms with van der Waals surface area (Å²) in [6.45, 7) is 11.7. The summed E-state index contributed by atoms with van der Waals surface area (Å²) in [5.41, 5.74) is 1.21. The van der Waals surface area contributed by atoms with Crippen molar-refractivity contribution in [2.45, 2.75) is 32.7 Å². The molecular formula is C10H20N2. The van der Waals surface area contributed by atoms with E-state index in [1.807, 2.05) is 0 Å². The molecule has 0 atom stereocenters. The molecule has 0 aromatic rings. The van der Waals surface area contributed by atoms with Gasteiger partial charge in [0.15, 0.2) is 0 Å². The van der Waals surface area contributed by atoms with Gasteiger partial charge in [-0.2, -0.15) is 0 Å². The van der Waals surface area contributed by atoms with Gasteiger partial charge in [0.05, 0.1) is 0 Å². The fourth-order valence-electron chi connectivity index (χ4n) is 1.75. The van der Waals surface area contributed by atoms with E-state index in [9.17, 15) is 0 Å². The predicted octanol–water partition coefficient (Wildman–Crippen LogP) is 1.59. The van der Waals surface area contributed by atoms with Gasteiger partial charge in [0, 0.05) is 24.8 Å². The second-order valence-corrected chi connectivity index (χ2v) is 3.55. The Balaban J connectivity index is 2.25. The van der Waals surface area contributed by atoms with Gasteiger partial charge in [-0.15, -0.1) is 0 Å². The van der Waals surface area contributed by atoms with Gasteiger partial charge in [-0.1, -0.05) is 13.5 Å². The van der Waals surface area contributed by atoms with E-state index >= 15 is 0 Å². The first-order chi connectivity index (χ1) is 5.74. The fourth-order valence-corrected chi connectivity index (χ4v) is 1.75. The van der Waals surface area contributed by atoms with Crippen LogP contribution in [0.25, 0.3) is 0 Å². The molecule has 0 amide bonds. The van der Waals surface area contributed by atoms with Crippen LogP contribution in [0.2, 0.25) is 0 Å². The number of likely N-dealkylation sites (tertiary alicyclic amines) is 1. The summed E-state index contributed by atoms with van der Waals surface area (Å²) in [4.78, 5) is 2.37. The maximum atomic E-state index is 3.96. The maximum Gasteiger partial charge on any atom is 0.0189 e. The Bertz CT molecular complexity index is 146. The third-order valence-electron chi connectivity index (χ3n) is 2.53. The first kappa shape index (κ1) is 9.59. The van der Waals surface area contributed by atoms with Crippen molar-refractivity contribution in [1.82, 2.24) is 10.2 Å². The lowest BCUT2D eigenvalue weighted by atomic mass is 10.0. The van der Waals surface area contributed by atoms with Crippen LogP contribution < -0.4 is 5.32 Å². The van der Waals surface area contributed by atoms with Gasteiger partial charge in [0.1, 0.15) is 0 Å². The van der Waals surface area contributed by atoms with E-state index in [0.29, 0.717) is 0 Å². The number of rotatable bonds is 3. The van der Waals surface area contributed by atoms with Crippen molar-refractivity contribution in [2.75, 3.05) is 19.6 Å². The predicted molar refractivity (Wildman–Crippen MR) is 53.1 cm³/mol. The third-order valence-corrected chi connectivity index (χ3v) is 2.53. The van der Waals surface area contributed by atoms with Gasteiger partial charge < -0.3 is 10.2 Å². The molecule has 70 valence electrons. The monoisotopic (exact) mass is 168 g/mol. The summed E-state index contributed by atoms with van der Waals surface area (Å²) in [7, 11) is 0. The molecule has 2 nitrogen and oxygen atoms in total. The van der Waals surface area contributed by atoms with Gasteiger partial charge in [-0.25, -0.2) is 0 Å². The Morgan fingerprint density at radius 2 is 2.08 bits per heavy atom. The van der Waals surface area contributed by atoms with Crippen molar-refractivity contribution in [3.63, 3.8) is 0 Å². The molecule has 0 aromatic carbocycles. The number of allylic oxidation sites excluding steroid dienone is 1. The van der Waals surface area contributed by atoms with E-state index in [-0.39, 0.29) is 0 Å². The summed E-state index contributed by atoms with van der Waals surface area (Å²) in [5.74, 6) is 0. The number of nitrogens with zero attached hydrogens (tertiary/aromatic N) is 1. The highest BCUT2D eigenvalue weighted by atomic mass is 15.1. The van der Waals surface area contributed by atoms with Crippen molar-refractivity contribution < 1.29 is 0 Å². The van der Waals surface area contributed by atoms with E-state index in [0.717, 1.165) is 12.6 Å². The van der Waals surface area contributed by atoms with Crippen LogP contribution >= 0.6 is 0 Å². The minimum atomic E-state index is 0.741. The van der Waals surface area contributed by atoms with Crippen LogP contribution in [0.1, 0.15) is 26.7 Å². The van der Waals surface area contributed by atoms with Gasteiger partial charge >= 0.3 is 0 Å². The van der Waals surface area contributed by atoms with Gasteiger partial charge in [-0.3, -0.25) is 0 Å². The molecule has 1 fully saturated rings. The SMILES string of the molecule is C=C(C)N1CCC(NCC)CC1. The lowest BCUT2D eigenvalue weighted by molar-refractivity contribution is 0.245. The second kappa shape index (κ2) is 4.51. The highest BCUT2D eigenvalue weighted by Crippen LogP contribution is 2.13. The molecule has 0 saturated carbocycles. The van der Waals surface area contributed by atoms with Crippen molar-refractivity contribution in [1.29, 1.82) is 0 Å². The van der Waals surface area contributed by atoms with Gasteiger partial charge in [0.25, 0.3) is 0 Å². The largest absolute Gasteiger partial charge is 0.375 e. The molecule has 0 bridgehead atoms. The van der Waals surface area contributed by atoms with Crippen LogP contribution in [0.15, 0.2) is 12.3 Å². The lowest BCUT2D eigenvalue weighted by Crippen LogP contribution is -2.41. The molecule has 0 radical (unpaired) electrons. The smallest absolute Gasteiger partial charge is 0.0189 e. The highest BCUT2D eigenvalue weighted by Gasteiger charge is 2.16. The quantitative estimate of drug-likeness (QED) is 0.688. The molecular weight excluding hydrogens is 148 g/mol. The zero-order valence-electron chi connectivity index (χ0n) is 8.27. The molecule has 1 saturated heterocycles. The zero-order chi connectivity index (χ0) is 8.97. The molecule has 1 rings (SSSR count). The Morgan fingerprint density at radius 3 is 2.50 bits per heavy atom. The summed E-state index contributed by atoms with van der Waals surface area (Å²) in [6, 6.07) is 0.741. The molecule has 1 heterocycles. The molecule has 12 heavy (non-hydrogen) atoms. The molecule has 2 heteroatoms. The Morgan fingerprint density at radius 1 is 1.50 bits per heavy atom. The number of piperidine rings is 1. The topological polar surface area (TPSA) is 15.3 Å². The Kier molecular flexibility index (Phi) is 3.60. The number of hydrogen-bond donors (Lipinski definition) is 1. The van der Waals surface area contributed by atoms with Crippen LogP contribution in [0.4, 0.5) is 0 Å². The molecule has 0 spiro atoms. The minimum Gasteiger partial charge on any atom is -0.375 e. The van der Waals surface area contributed by atoms with Crippen LogP contribution in [0.3, 0.4) is 0 Å². The first-order valence-electron chi connectivity index (χ1n) is 4.88. The van der Waals surface area contributed by atoms with Crippen molar-refractivity contribution in [2.24, 2.45) is 0 Å². The highest BCUT2D eigenvalue weighted by molar-refractivity contribution is 4.92. The van der Waals surface area contributed by atoms with E-state index in [2.05, 4.69) is 30.6 Å². The van der Waals surface area contributed by atoms with E-state index < -0.39 is 0 Å². The summed E-state index contributed by atoms with van der Waals surface area (Å²) < 4.78 is 0. The Hall–Kier alpha value is -0.500. The summed E-state index contributed by atoms with van der Waals surface area (Å²) in [5, 5.41) is 3.49. The minimum absolute atomic E-state index is 0.741. The lowest BCUT2D eigenvalue weighted by Gasteiger charge is -2.33. The summed E-state index contributed by atoms with van der Waals surface area (Å²) >= 11 is 0. The zero-order valence-corrected chi connectivity index (χ0v) is 8.27. The van der Waals surface area contributed by atoms with E-state index in [1.165, 1.54) is 31.6 Å². The van der Waals surface area contributed by atoms with Gasteiger partial charge in [0.2, 0.25) is 0 Å². The second-order valence-electron chi connectivity index (χ2n) is 3.55. The van der Waals surface area contributed by atoms with Gasteiger partial charge in [-0.05, 0) is 26.3 Å². The van der Waals surface area contributed by atoms with Crippen LogP contribution in [-0.4, -0.2) is 30.6 Å². The number of nitrogens with one attached hydrogen (secondary N) is 1. The molecule has 0 aromatic heterocycles. The van der Waals surface area contributed by atoms with Crippen LogP contribution in [0, 0.1) is 0 Å². The molecule has 1 aliphatic heterocycles.